The molecule has 1 aromatic carbocycles. The van der Waals surface area contributed by atoms with Crippen LogP contribution in [0.3, 0.4) is 0 Å². The van der Waals surface area contributed by atoms with Gasteiger partial charge in [0.05, 0.1) is 7.11 Å². The van der Waals surface area contributed by atoms with Crippen molar-refractivity contribution in [1.29, 1.82) is 0 Å². The molecule has 0 aliphatic carbocycles. The molecule has 0 aliphatic rings. The second-order valence-corrected chi connectivity index (χ2v) is 3.79. The van der Waals surface area contributed by atoms with Crippen LogP contribution >= 0.6 is 0 Å². The van der Waals surface area contributed by atoms with Crippen LogP contribution in [0.1, 0.15) is 0 Å². The number of halogens is 3. The number of rotatable bonds is 7. The lowest BCUT2D eigenvalue weighted by molar-refractivity contribution is -0.201. The summed E-state index contributed by atoms with van der Waals surface area (Å²) < 4.78 is 46.1. The van der Waals surface area contributed by atoms with Gasteiger partial charge >= 0.3 is 6.18 Å². The number of alkyl halides is 3. The van der Waals surface area contributed by atoms with E-state index in [0.717, 1.165) is 0 Å². The van der Waals surface area contributed by atoms with E-state index in [9.17, 15) is 13.2 Å². The molecule has 0 aliphatic heterocycles. The molecule has 0 aromatic heterocycles. The summed E-state index contributed by atoms with van der Waals surface area (Å²) in [7, 11) is 1.55. The van der Waals surface area contributed by atoms with Crippen molar-refractivity contribution in [2.75, 3.05) is 26.8 Å². The fourth-order valence-electron chi connectivity index (χ4n) is 1.27. The summed E-state index contributed by atoms with van der Waals surface area (Å²) in [5.74, 6) is 1.29. The van der Waals surface area contributed by atoms with E-state index < -0.39 is 18.8 Å². The highest BCUT2D eigenvalue weighted by Gasteiger charge is 2.37. The predicted molar refractivity (Wildman–Crippen MR) is 63.4 cm³/mol. The summed E-state index contributed by atoms with van der Waals surface area (Å²) in [5, 5.41) is 11.2. The van der Waals surface area contributed by atoms with Gasteiger partial charge in [-0.3, -0.25) is 0 Å². The third-order valence-corrected chi connectivity index (χ3v) is 2.32. The minimum absolute atomic E-state index is 0.205. The third kappa shape index (κ3) is 5.80. The molecule has 0 saturated carbocycles. The Balaban J connectivity index is 2.17. The van der Waals surface area contributed by atoms with Gasteiger partial charge in [-0.25, -0.2) is 0 Å². The van der Waals surface area contributed by atoms with E-state index in [1.807, 2.05) is 0 Å². The molecule has 0 bridgehead atoms. The molecule has 19 heavy (non-hydrogen) atoms. The highest BCUT2D eigenvalue weighted by molar-refractivity contribution is 5.31. The SMILES string of the molecule is COc1ccc(OCCNCC(O)C(F)(F)F)cc1. The van der Waals surface area contributed by atoms with Gasteiger partial charge in [0.1, 0.15) is 18.1 Å². The smallest absolute Gasteiger partial charge is 0.415 e. The highest BCUT2D eigenvalue weighted by Crippen LogP contribution is 2.19. The van der Waals surface area contributed by atoms with Crippen molar-refractivity contribution in [3.05, 3.63) is 24.3 Å². The second kappa shape index (κ2) is 7.20. The van der Waals surface area contributed by atoms with Crippen LogP contribution in [0.25, 0.3) is 0 Å². The van der Waals surface area contributed by atoms with Gasteiger partial charge in [-0.05, 0) is 24.3 Å². The zero-order chi connectivity index (χ0) is 14.3. The quantitative estimate of drug-likeness (QED) is 0.744. The number of nitrogens with one attached hydrogen (secondary N) is 1. The average Bonchev–Trinajstić information content (AvgIpc) is 2.37. The van der Waals surface area contributed by atoms with Gasteiger partial charge in [0, 0.05) is 13.1 Å². The molecule has 1 rings (SSSR count). The molecule has 2 N–H and O–H groups in total. The van der Waals surface area contributed by atoms with E-state index in [1.165, 1.54) is 0 Å². The molecule has 0 saturated heterocycles. The summed E-state index contributed by atoms with van der Waals surface area (Å²) in [6.07, 6.45) is -6.95. The molecule has 0 heterocycles. The maximum atomic E-state index is 12.0. The lowest BCUT2D eigenvalue weighted by Gasteiger charge is -2.15. The van der Waals surface area contributed by atoms with Crippen LogP contribution in [0.2, 0.25) is 0 Å². The Morgan fingerprint density at radius 2 is 1.79 bits per heavy atom. The van der Waals surface area contributed by atoms with E-state index >= 15 is 0 Å². The Morgan fingerprint density at radius 3 is 2.32 bits per heavy atom. The largest absolute Gasteiger partial charge is 0.497 e. The fourth-order valence-corrected chi connectivity index (χ4v) is 1.27. The molecular weight excluding hydrogens is 263 g/mol. The van der Waals surface area contributed by atoms with Gasteiger partial charge in [0.15, 0.2) is 6.10 Å². The zero-order valence-electron chi connectivity index (χ0n) is 10.4. The Kier molecular flexibility index (Phi) is 5.91. The van der Waals surface area contributed by atoms with Crippen LogP contribution in [0.15, 0.2) is 24.3 Å². The second-order valence-electron chi connectivity index (χ2n) is 3.79. The molecule has 1 unspecified atom stereocenters. The van der Waals surface area contributed by atoms with E-state index in [2.05, 4.69) is 5.32 Å². The predicted octanol–water partition coefficient (Wildman–Crippen LogP) is 1.59. The van der Waals surface area contributed by atoms with Crippen molar-refractivity contribution in [2.24, 2.45) is 0 Å². The summed E-state index contributed by atoms with van der Waals surface area (Å²) in [6.45, 7) is -0.133. The molecule has 0 amide bonds. The number of methoxy groups -OCH3 is 1. The molecule has 0 fully saturated rings. The fraction of sp³-hybridized carbons (Fsp3) is 0.500. The van der Waals surface area contributed by atoms with Crippen LogP contribution in [-0.2, 0) is 0 Å². The van der Waals surface area contributed by atoms with Crippen LogP contribution in [0.5, 0.6) is 11.5 Å². The average molecular weight is 279 g/mol. The van der Waals surface area contributed by atoms with Crippen molar-refractivity contribution in [3.63, 3.8) is 0 Å². The van der Waals surface area contributed by atoms with E-state index in [-0.39, 0.29) is 13.2 Å². The van der Waals surface area contributed by atoms with E-state index in [1.54, 1.807) is 31.4 Å². The zero-order valence-corrected chi connectivity index (χ0v) is 10.4. The molecule has 108 valence electrons. The Labute approximate surface area is 109 Å². The highest BCUT2D eigenvalue weighted by atomic mass is 19.4. The topological polar surface area (TPSA) is 50.7 Å². The maximum absolute atomic E-state index is 12.0. The molecule has 1 atom stereocenters. The molecule has 4 nitrogen and oxygen atoms in total. The van der Waals surface area contributed by atoms with Gasteiger partial charge in [0.25, 0.3) is 0 Å². The van der Waals surface area contributed by atoms with Gasteiger partial charge in [-0.2, -0.15) is 13.2 Å². The van der Waals surface area contributed by atoms with E-state index in [4.69, 9.17) is 14.6 Å². The number of ether oxygens (including phenoxy) is 2. The molecule has 0 spiro atoms. The van der Waals surface area contributed by atoms with Gasteiger partial charge < -0.3 is 19.9 Å². The molecular formula is C12H16F3NO3. The third-order valence-electron chi connectivity index (χ3n) is 2.32. The first kappa shape index (κ1) is 15.6. The van der Waals surface area contributed by atoms with Gasteiger partial charge in [0.2, 0.25) is 0 Å². The van der Waals surface area contributed by atoms with Crippen molar-refractivity contribution >= 4 is 0 Å². The molecule has 1 aromatic rings. The van der Waals surface area contributed by atoms with Crippen LogP contribution < -0.4 is 14.8 Å². The Bertz CT molecular complexity index is 367. The Hall–Kier alpha value is -1.47. The number of hydrogen-bond acceptors (Lipinski definition) is 4. The normalized spacial score (nSPS) is 13.1. The maximum Gasteiger partial charge on any atom is 0.415 e. The lowest BCUT2D eigenvalue weighted by atomic mass is 10.3. The number of benzene rings is 1. The van der Waals surface area contributed by atoms with Crippen LogP contribution in [-0.4, -0.2) is 44.2 Å². The summed E-state index contributed by atoms with van der Waals surface area (Å²) in [5.41, 5.74) is 0. The minimum Gasteiger partial charge on any atom is -0.497 e. The van der Waals surface area contributed by atoms with Crippen molar-refractivity contribution in [2.45, 2.75) is 12.3 Å². The standard InChI is InChI=1S/C12H16F3NO3/c1-18-9-2-4-10(5-3-9)19-7-6-16-8-11(17)12(13,14)15/h2-5,11,16-17H,6-8H2,1H3. The first-order valence-corrected chi connectivity index (χ1v) is 5.66. The van der Waals surface area contributed by atoms with Gasteiger partial charge in [-0.1, -0.05) is 0 Å². The number of hydrogen-bond donors (Lipinski definition) is 2. The molecule has 7 heteroatoms. The summed E-state index contributed by atoms with van der Waals surface area (Å²) in [4.78, 5) is 0. The summed E-state index contributed by atoms with van der Waals surface area (Å²) in [6, 6.07) is 6.83. The first-order valence-electron chi connectivity index (χ1n) is 5.66. The minimum atomic E-state index is -4.59. The monoisotopic (exact) mass is 279 g/mol. The Morgan fingerprint density at radius 1 is 1.21 bits per heavy atom. The van der Waals surface area contributed by atoms with Crippen molar-refractivity contribution < 1.29 is 27.8 Å². The van der Waals surface area contributed by atoms with Crippen LogP contribution in [0, 0.1) is 0 Å². The van der Waals surface area contributed by atoms with Crippen molar-refractivity contribution in [3.8, 4) is 11.5 Å². The van der Waals surface area contributed by atoms with E-state index in [0.29, 0.717) is 11.5 Å². The lowest BCUT2D eigenvalue weighted by Crippen LogP contribution is -2.39. The van der Waals surface area contributed by atoms with Crippen LogP contribution in [0.4, 0.5) is 13.2 Å². The number of aliphatic hydroxyl groups excluding tert-OH is 1. The summed E-state index contributed by atoms with van der Waals surface area (Å²) >= 11 is 0. The van der Waals surface area contributed by atoms with Gasteiger partial charge in [-0.15, -0.1) is 0 Å². The number of aliphatic hydroxyl groups is 1. The molecule has 0 radical (unpaired) electrons. The van der Waals surface area contributed by atoms with Crippen molar-refractivity contribution in [1.82, 2.24) is 5.32 Å². The first-order chi connectivity index (χ1) is 8.93.